The van der Waals surface area contributed by atoms with Gasteiger partial charge in [-0.1, -0.05) is 18.2 Å². The smallest absolute Gasteiger partial charge is 0.329 e. The third-order valence-corrected chi connectivity index (χ3v) is 7.49. The van der Waals surface area contributed by atoms with Gasteiger partial charge in [-0.25, -0.2) is 4.79 Å². The maximum absolute atomic E-state index is 13.8. The van der Waals surface area contributed by atoms with Crippen LogP contribution >= 0.6 is 0 Å². The third kappa shape index (κ3) is 6.54. The van der Waals surface area contributed by atoms with E-state index in [4.69, 9.17) is 9.47 Å². The minimum atomic E-state index is -0.953. The van der Waals surface area contributed by atoms with E-state index in [0.29, 0.717) is 25.4 Å². The molecule has 1 amide bonds. The zero-order valence-electron chi connectivity index (χ0n) is 23.1. The molecule has 1 saturated carbocycles. The number of para-hydroxylation sites is 1. The molecule has 8 nitrogen and oxygen atoms in total. The van der Waals surface area contributed by atoms with Crippen LogP contribution in [-0.2, 0) is 32.0 Å². The number of carbonyl (C=O) groups excluding carboxylic acids is 2. The quantitative estimate of drug-likeness (QED) is 0.426. The number of H-pyrrole nitrogens is 1. The summed E-state index contributed by atoms with van der Waals surface area (Å²) in [4.78, 5) is 34.0. The molecule has 8 heteroatoms. The van der Waals surface area contributed by atoms with Crippen LogP contribution in [0, 0.1) is 11.8 Å². The molecule has 1 aliphatic heterocycles. The predicted octanol–water partition coefficient (Wildman–Crippen LogP) is 4.20. The Kier molecular flexibility index (Phi) is 8.31. The minimum absolute atomic E-state index is 0.0397. The molecule has 1 aromatic carbocycles. The van der Waals surface area contributed by atoms with Gasteiger partial charge in [-0.3, -0.25) is 9.69 Å². The second kappa shape index (κ2) is 11.1. The lowest BCUT2D eigenvalue weighted by atomic mass is 9.80. The van der Waals surface area contributed by atoms with Gasteiger partial charge in [-0.2, -0.15) is 0 Å². The first kappa shape index (κ1) is 27.6. The molecule has 1 fully saturated rings. The van der Waals surface area contributed by atoms with Gasteiger partial charge in [-0.05, 0) is 84.9 Å². The molecule has 2 aromatic rings. The summed E-state index contributed by atoms with van der Waals surface area (Å²) in [5.41, 5.74) is 2.71. The number of nitrogens with one attached hydrogen (secondary N) is 1. The molecule has 37 heavy (non-hydrogen) atoms. The number of carbonyl (C=O) groups is 2. The number of ether oxygens (including phenoxy) is 2. The van der Waals surface area contributed by atoms with E-state index < -0.39 is 18.1 Å². The average molecular weight is 514 g/mol. The van der Waals surface area contributed by atoms with Crippen molar-refractivity contribution in [2.45, 2.75) is 97.4 Å². The fourth-order valence-corrected chi connectivity index (χ4v) is 5.69. The largest absolute Gasteiger partial charge is 0.461 e. The number of nitrogens with zero attached hydrogens (tertiary/aromatic N) is 2. The van der Waals surface area contributed by atoms with E-state index in [1.54, 1.807) is 4.90 Å². The molecular formula is C29H43N3O5. The van der Waals surface area contributed by atoms with E-state index in [1.165, 1.54) is 0 Å². The Labute approximate surface area is 220 Å². The van der Waals surface area contributed by atoms with Gasteiger partial charge in [0.05, 0.1) is 18.2 Å². The number of rotatable bonds is 7. The summed E-state index contributed by atoms with van der Waals surface area (Å²) in [7, 11) is 1.87. The Morgan fingerprint density at radius 3 is 2.49 bits per heavy atom. The molecule has 2 atom stereocenters. The Morgan fingerprint density at radius 1 is 1.16 bits per heavy atom. The molecule has 4 rings (SSSR count). The van der Waals surface area contributed by atoms with Crippen molar-refractivity contribution in [3.05, 3.63) is 35.5 Å². The fraction of sp³-hybridized carbons (Fsp3) is 0.655. The fourth-order valence-electron chi connectivity index (χ4n) is 5.69. The van der Waals surface area contributed by atoms with E-state index in [2.05, 4.69) is 11.1 Å². The van der Waals surface area contributed by atoms with Crippen molar-refractivity contribution in [3.8, 4) is 0 Å². The van der Waals surface area contributed by atoms with E-state index in [0.717, 1.165) is 47.8 Å². The van der Waals surface area contributed by atoms with E-state index >= 15 is 0 Å². The van der Waals surface area contributed by atoms with Crippen molar-refractivity contribution in [2.75, 3.05) is 13.6 Å². The summed E-state index contributed by atoms with van der Waals surface area (Å²) in [5.74, 6) is -0.0198. The highest BCUT2D eigenvalue weighted by molar-refractivity contribution is 5.90. The second-order valence-electron chi connectivity index (χ2n) is 12.0. The summed E-state index contributed by atoms with van der Waals surface area (Å²) >= 11 is 0. The van der Waals surface area contributed by atoms with Crippen LogP contribution < -0.4 is 0 Å². The van der Waals surface area contributed by atoms with Crippen molar-refractivity contribution in [3.63, 3.8) is 0 Å². The highest BCUT2D eigenvalue weighted by Crippen LogP contribution is 2.35. The number of aromatic nitrogens is 1. The second-order valence-corrected chi connectivity index (χ2v) is 12.0. The maximum Gasteiger partial charge on any atom is 0.329 e. The number of amides is 1. The first-order chi connectivity index (χ1) is 17.4. The monoisotopic (exact) mass is 513 g/mol. The molecule has 204 valence electrons. The molecule has 0 bridgehead atoms. The summed E-state index contributed by atoms with van der Waals surface area (Å²) < 4.78 is 11.3. The number of aliphatic hydroxyl groups is 1. The van der Waals surface area contributed by atoms with E-state index in [1.807, 2.05) is 64.8 Å². The van der Waals surface area contributed by atoms with Crippen LogP contribution in [0.25, 0.3) is 10.9 Å². The van der Waals surface area contributed by atoms with Crippen molar-refractivity contribution >= 4 is 22.8 Å². The van der Waals surface area contributed by atoms with Gasteiger partial charge >= 0.3 is 5.97 Å². The van der Waals surface area contributed by atoms with Crippen molar-refractivity contribution in [1.29, 1.82) is 0 Å². The Morgan fingerprint density at radius 2 is 1.84 bits per heavy atom. The minimum Gasteiger partial charge on any atom is -0.461 e. The number of aliphatic hydroxyl groups excluding tert-OH is 1. The van der Waals surface area contributed by atoms with Gasteiger partial charge in [0.1, 0.15) is 6.04 Å². The van der Waals surface area contributed by atoms with Gasteiger partial charge in [0.25, 0.3) is 0 Å². The third-order valence-electron chi connectivity index (χ3n) is 7.49. The first-order valence-corrected chi connectivity index (χ1v) is 13.6. The van der Waals surface area contributed by atoms with E-state index in [9.17, 15) is 14.7 Å². The summed E-state index contributed by atoms with van der Waals surface area (Å²) in [6.07, 6.45) is 2.61. The normalized spacial score (nSPS) is 23.4. The standard InChI is InChI=1S/C29H43N3O5/c1-18(2)36-27(34)25-15-22-21-9-7-8-10-23(21)30-24(22)17-32(25)26(33)20-13-11-19(12-14-20)16-31(6)28(35)37-29(3,4)5/h7-10,18-20,25,28,30,35H,11-17H2,1-6H3/t19?,20?,25-,28?/m0/s1. The SMILES string of the molecule is CC(C)OC(=O)[C@@H]1Cc2c([nH]c3ccccc23)CN1C(=O)C1CCC(CN(C)C(O)OC(C)(C)C)CC1. The molecule has 2 heterocycles. The zero-order chi connectivity index (χ0) is 26.9. The highest BCUT2D eigenvalue weighted by atomic mass is 16.6. The van der Waals surface area contributed by atoms with Gasteiger partial charge in [0, 0.05) is 35.5 Å². The van der Waals surface area contributed by atoms with Crippen LogP contribution in [0.2, 0.25) is 0 Å². The molecule has 1 aliphatic carbocycles. The summed E-state index contributed by atoms with van der Waals surface area (Å²) in [5, 5.41) is 11.5. The van der Waals surface area contributed by atoms with Gasteiger partial charge in [-0.15, -0.1) is 0 Å². The Hall–Kier alpha value is -2.42. The number of fused-ring (bicyclic) bond motifs is 3. The zero-order valence-corrected chi connectivity index (χ0v) is 23.1. The maximum atomic E-state index is 13.8. The molecular weight excluding hydrogens is 470 g/mol. The molecule has 0 saturated heterocycles. The molecule has 1 aromatic heterocycles. The van der Waals surface area contributed by atoms with Crippen molar-refractivity contribution < 1.29 is 24.2 Å². The number of hydrogen-bond donors (Lipinski definition) is 2. The van der Waals surface area contributed by atoms with Gasteiger partial charge in [0.2, 0.25) is 12.3 Å². The first-order valence-electron chi connectivity index (χ1n) is 13.6. The Balaban J connectivity index is 1.43. The summed E-state index contributed by atoms with van der Waals surface area (Å²) in [6.45, 7) is 10.5. The van der Waals surface area contributed by atoms with Crippen LogP contribution in [0.3, 0.4) is 0 Å². The van der Waals surface area contributed by atoms with Gasteiger partial charge in [0.15, 0.2) is 0 Å². The predicted molar refractivity (Wildman–Crippen MR) is 142 cm³/mol. The number of benzene rings is 1. The average Bonchev–Trinajstić information content (AvgIpc) is 3.19. The molecule has 0 radical (unpaired) electrons. The number of esters is 1. The van der Waals surface area contributed by atoms with Crippen LogP contribution in [0.1, 0.15) is 71.6 Å². The molecule has 2 aliphatic rings. The van der Waals surface area contributed by atoms with Crippen LogP contribution in [0.15, 0.2) is 24.3 Å². The number of hydrogen-bond acceptors (Lipinski definition) is 6. The topological polar surface area (TPSA) is 95.1 Å². The lowest BCUT2D eigenvalue weighted by Gasteiger charge is -2.39. The molecule has 0 spiro atoms. The van der Waals surface area contributed by atoms with Crippen molar-refractivity contribution in [2.24, 2.45) is 11.8 Å². The highest BCUT2D eigenvalue weighted by Gasteiger charge is 2.41. The lowest BCUT2D eigenvalue weighted by molar-refractivity contribution is -0.235. The number of aromatic amines is 1. The molecule has 1 unspecified atom stereocenters. The van der Waals surface area contributed by atoms with E-state index in [-0.39, 0.29) is 23.9 Å². The van der Waals surface area contributed by atoms with Crippen LogP contribution in [0.4, 0.5) is 0 Å². The lowest BCUT2D eigenvalue weighted by Crippen LogP contribution is -2.52. The van der Waals surface area contributed by atoms with Crippen LogP contribution in [0.5, 0.6) is 0 Å². The Bertz CT molecular complexity index is 1100. The summed E-state index contributed by atoms with van der Waals surface area (Å²) in [6, 6.07) is 7.47. The molecule has 2 N–H and O–H groups in total. The van der Waals surface area contributed by atoms with Crippen molar-refractivity contribution in [1.82, 2.24) is 14.8 Å². The van der Waals surface area contributed by atoms with Gasteiger partial charge < -0.3 is 24.5 Å². The van der Waals surface area contributed by atoms with Crippen LogP contribution in [-0.4, -0.2) is 69.5 Å².